The Morgan fingerprint density at radius 1 is 1.13 bits per heavy atom. The minimum absolute atomic E-state index is 0.333. The van der Waals surface area contributed by atoms with E-state index in [1.54, 1.807) is 0 Å². The number of nitrogens with one attached hydrogen (secondary N) is 1. The summed E-state index contributed by atoms with van der Waals surface area (Å²) in [5.41, 5.74) is 0.333. The van der Waals surface area contributed by atoms with E-state index >= 15 is 0 Å². The van der Waals surface area contributed by atoms with Gasteiger partial charge in [0, 0.05) is 11.6 Å². The van der Waals surface area contributed by atoms with Gasteiger partial charge in [-0.15, -0.1) is 0 Å². The first-order chi connectivity index (χ1) is 6.94. The smallest absolute Gasteiger partial charge is 0.0127 e. The third-order valence-electron chi connectivity index (χ3n) is 4.07. The predicted molar refractivity (Wildman–Crippen MR) is 68.1 cm³/mol. The molecule has 1 N–H and O–H groups in total. The monoisotopic (exact) mass is 211 g/mol. The Labute approximate surface area is 96.0 Å². The van der Waals surface area contributed by atoms with Crippen LogP contribution in [-0.2, 0) is 0 Å². The van der Waals surface area contributed by atoms with Crippen molar-refractivity contribution in [3.63, 3.8) is 0 Å². The van der Waals surface area contributed by atoms with Gasteiger partial charge >= 0.3 is 0 Å². The van der Waals surface area contributed by atoms with Crippen molar-refractivity contribution in [2.24, 2.45) is 11.8 Å². The summed E-state index contributed by atoms with van der Waals surface area (Å²) in [7, 11) is 0. The van der Waals surface area contributed by atoms with E-state index in [0.717, 1.165) is 17.9 Å². The predicted octanol–water partition coefficient (Wildman–Crippen LogP) is 3.98. The summed E-state index contributed by atoms with van der Waals surface area (Å²) < 4.78 is 0. The maximum absolute atomic E-state index is 3.85. The van der Waals surface area contributed by atoms with Crippen molar-refractivity contribution < 1.29 is 0 Å². The summed E-state index contributed by atoms with van der Waals surface area (Å²) in [5, 5.41) is 3.85. The van der Waals surface area contributed by atoms with Gasteiger partial charge in [-0.3, -0.25) is 0 Å². The minimum atomic E-state index is 0.333. The van der Waals surface area contributed by atoms with Crippen molar-refractivity contribution >= 4 is 0 Å². The first-order valence-corrected chi connectivity index (χ1v) is 6.72. The molecule has 1 heteroatoms. The van der Waals surface area contributed by atoms with E-state index in [9.17, 15) is 0 Å². The zero-order chi connectivity index (χ0) is 11.5. The van der Waals surface area contributed by atoms with Crippen molar-refractivity contribution in [3.8, 4) is 0 Å². The lowest BCUT2D eigenvalue weighted by atomic mass is 9.78. The lowest BCUT2D eigenvalue weighted by Gasteiger charge is -2.38. The molecular formula is C14H29N. The SMILES string of the molecule is CCCC(C)(C)NC1CCC(C)C(C)C1. The molecule has 0 radical (unpaired) electrons. The van der Waals surface area contributed by atoms with Gasteiger partial charge in [0.1, 0.15) is 0 Å². The molecule has 0 bridgehead atoms. The number of rotatable bonds is 4. The topological polar surface area (TPSA) is 12.0 Å². The Morgan fingerprint density at radius 2 is 1.80 bits per heavy atom. The van der Waals surface area contributed by atoms with Gasteiger partial charge in [0.25, 0.3) is 0 Å². The van der Waals surface area contributed by atoms with E-state index < -0.39 is 0 Å². The van der Waals surface area contributed by atoms with Crippen LogP contribution in [0.1, 0.15) is 66.7 Å². The maximum Gasteiger partial charge on any atom is 0.0127 e. The lowest BCUT2D eigenvalue weighted by Crippen LogP contribution is -2.48. The zero-order valence-corrected chi connectivity index (χ0v) is 11.3. The normalized spacial score (nSPS) is 33.0. The van der Waals surface area contributed by atoms with Crippen molar-refractivity contribution in [1.82, 2.24) is 5.32 Å². The first kappa shape index (κ1) is 13.0. The largest absolute Gasteiger partial charge is 0.309 e. The molecule has 0 aliphatic heterocycles. The van der Waals surface area contributed by atoms with Crippen molar-refractivity contribution in [2.75, 3.05) is 0 Å². The van der Waals surface area contributed by atoms with Crippen LogP contribution in [0.2, 0.25) is 0 Å². The third-order valence-corrected chi connectivity index (χ3v) is 4.07. The van der Waals surface area contributed by atoms with Gasteiger partial charge in [-0.1, -0.05) is 27.2 Å². The highest BCUT2D eigenvalue weighted by Crippen LogP contribution is 2.30. The summed E-state index contributed by atoms with van der Waals surface area (Å²) >= 11 is 0. The highest BCUT2D eigenvalue weighted by atomic mass is 15.0. The fourth-order valence-electron chi connectivity index (χ4n) is 2.93. The molecule has 0 amide bonds. The summed E-state index contributed by atoms with van der Waals surface area (Å²) in [4.78, 5) is 0. The van der Waals surface area contributed by atoms with Crippen LogP contribution in [0.5, 0.6) is 0 Å². The van der Waals surface area contributed by atoms with Crippen LogP contribution in [0.4, 0.5) is 0 Å². The van der Waals surface area contributed by atoms with E-state index in [1.165, 1.54) is 32.1 Å². The Morgan fingerprint density at radius 3 is 2.33 bits per heavy atom. The molecule has 3 atom stereocenters. The maximum atomic E-state index is 3.85. The van der Waals surface area contributed by atoms with E-state index in [4.69, 9.17) is 0 Å². The van der Waals surface area contributed by atoms with Crippen molar-refractivity contribution in [3.05, 3.63) is 0 Å². The molecule has 15 heavy (non-hydrogen) atoms. The molecule has 90 valence electrons. The lowest BCUT2D eigenvalue weighted by molar-refractivity contribution is 0.190. The molecule has 1 aliphatic rings. The molecule has 0 aromatic rings. The summed E-state index contributed by atoms with van der Waals surface area (Å²) in [6, 6.07) is 0.762. The summed E-state index contributed by atoms with van der Waals surface area (Å²) in [6.07, 6.45) is 6.71. The molecular weight excluding hydrogens is 182 g/mol. The fourth-order valence-corrected chi connectivity index (χ4v) is 2.93. The number of hydrogen-bond donors (Lipinski definition) is 1. The van der Waals surface area contributed by atoms with Crippen molar-refractivity contribution in [1.29, 1.82) is 0 Å². The highest BCUT2D eigenvalue weighted by molar-refractivity contribution is 4.86. The molecule has 3 unspecified atom stereocenters. The zero-order valence-electron chi connectivity index (χ0n) is 11.3. The van der Waals surface area contributed by atoms with Gasteiger partial charge in [0.15, 0.2) is 0 Å². The molecule has 1 aliphatic carbocycles. The van der Waals surface area contributed by atoms with Crippen LogP contribution >= 0.6 is 0 Å². The molecule has 1 nitrogen and oxygen atoms in total. The Bertz CT molecular complexity index is 186. The van der Waals surface area contributed by atoms with Gasteiger partial charge in [0.05, 0.1) is 0 Å². The minimum Gasteiger partial charge on any atom is -0.309 e. The van der Waals surface area contributed by atoms with E-state index in [2.05, 4.69) is 39.9 Å². The van der Waals surface area contributed by atoms with Crippen LogP contribution in [0, 0.1) is 11.8 Å². The standard InChI is InChI=1S/C14H29N/c1-6-9-14(4,5)15-13-8-7-11(2)12(3)10-13/h11-13,15H,6-10H2,1-5H3. The van der Waals surface area contributed by atoms with E-state index in [-0.39, 0.29) is 0 Å². The van der Waals surface area contributed by atoms with Crippen LogP contribution in [0.25, 0.3) is 0 Å². The second kappa shape index (κ2) is 5.34. The molecule has 0 aromatic carbocycles. The van der Waals surface area contributed by atoms with Crippen LogP contribution < -0.4 is 5.32 Å². The average Bonchev–Trinajstić information content (AvgIpc) is 2.10. The van der Waals surface area contributed by atoms with Gasteiger partial charge in [0.2, 0.25) is 0 Å². The second-order valence-corrected chi connectivity index (χ2v) is 6.24. The van der Waals surface area contributed by atoms with E-state index in [0.29, 0.717) is 5.54 Å². The molecule has 1 saturated carbocycles. The third kappa shape index (κ3) is 4.14. The van der Waals surface area contributed by atoms with E-state index in [1.807, 2.05) is 0 Å². The van der Waals surface area contributed by atoms with Crippen LogP contribution in [0.3, 0.4) is 0 Å². The molecule has 0 spiro atoms. The Balaban J connectivity index is 2.39. The molecule has 0 heterocycles. The highest BCUT2D eigenvalue weighted by Gasteiger charge is 2.28. The Kier molecular flexibility index (Phi) is 4.64. The first-order valence-electron chi connectivity index (χ1n) is 6.72. The molecule has 0 saturated heterocycles. The molecule has 0 aromatic heterocycles. The quantitative estimate of drug-likeness (QED) is 0.741. The Hall–Kier alpha value is -0.0400. The van der Waals surface area contributed by atoms with Crippen LogP contribution in [0.15, 0.2) is 0 Å². The van der Waals surface area contributed by atoms with Crippen molar-refractivity contribution in [2.45, 2.75) is 78.3 Å². The van der Waals surface area contributed by atoms with Gasteiger partial charge < -0.3 is 5.32 Å². The summed E-state index contributed by atoms with van der Waals surface area (Å²) in [5.74, 6) is 1.83. The van der Waals surface area contributed by atoms with Gasteiger partial charge in [-0.2, -0.15) is 0 Å². The average molecular weight is 211 g/mol. The van der Waals surface area contributed by atoms with Gasteiger partial charge in [-0.05, 0) is 51.4 Å². The number of hydrogen-bond acceptors (Lipinski definition) is 1. The fraction of sp³-hybridized carbons (Fsp3) is 1.00. The second-order valence-electron chi connectivity index (χ2n) is 6.24. The molecule has 1 rings (SSSR count). The van der Waals surface area contributed by atoms with Gasteiger partial charge in [-0.25, -0.2) is 0 Å². The molecule has 1 fully saturated rings. The van der Waals surface area contributed by atoms with Crippen LogP contribution in [-0.4, -0.2) is 11.6 Å². The summed E-state index contributed by atoms with van der Waals surface area (Å²) in [6.45, 7) is 11.8.